The van der Waals surface area contributed by atoms with Crippen molar-refractivity contribution in [1.82, 2.24) is 5.32 Å². The van der Waals surface area contributed by atoms with E-state index in [9.17, 15) is 4.79 Å². The van der Waals surface area contributed by atoms with Crippen LogP contribution in [0.2, 0.25) is 0 Å². The van der Waals surface area contributed by atoms with Gasteiger partial charge in [0.2, 0.25) is 0 Å². The van der Waals surface area contributed by atoms with Crippen molar-refractivity contribution in [3.05, 3.63) is 71.3 Å². The number of piperazine rings is 1. The van der Waals surface area contributed by atoms with Crippen molar-refractivity contribution < 1.29 is 9.28 Å². The Morgan fingerprint density at radius 3 is 2.36 bits per heavy atom. The minimum Gasteiger partial charge on any atom is -0.320 e. The van der Waals surface area contributed by atoms with Crippen molar-refractivity contribution in [2.24, 2.45) is 0 Å². The van der Waals surface area contributed by atoms with Crippen molar-refractivity contribution in [3.63, 3.8) is 0 Å². The fourth-order valence-electron chi connectivity index (χ4n) is 3.13. The van der Waals surface area contributed by atoms with Crippen LogP contribution in [0.4, 0.5) is 0 Å². The second-order valence-electron chi connectivity index (χ2n) is 6.33. The number of carbonyl (C=O) groups excluding carboxylic acids is 1. The minimum atomic E-state index is 0.123. The van der Waals surface area contributed by atoms with Crippen LogP contribution in [0, 0.1) is 0 Å². The number of carbonyl (C=O) groups is 1. The maximum Gasteiger partial charge on any atom is 0.193 e. The van der Waals surface area contributed by atoms with Crippen LogP contribution in [-0.4, -0.2) is 43.5 Å². The lowest BCUT2D eigenvalue weighted by Gasteiger charge is -2.38. The highest BCUT2D eigenvalue weighted by atomic mass is 16.1. The highest BCUT2D eigenvalue weighted by Crippen LogP contribution is 2.20. The maximum absolute atomic E-state index is 12.8. The third kappa shape index (κ3) is 3.26. The molecular formula is C19H23N2O+. The summed E-state index contributed by atoms with van der Waals surface area (Å²) in [6.07, 6.45) is 0. The molecule has 2 aromatic rings. The fraction of sp³-hybridized carbons (Fsp3) is 0.316. The van der Waals surface area contributed by atoms with Crippen LogP contribution >= 0.6 is 0 Å². The molecule has 0 aliphatic carbocycles. The average molecular weight is 295 g/mol. The van der Waals surface area contributed by atoms with Crippen LogP contribution < -0.4 is 5.32 Å². The summed E-state index contributed by atoms with van der Waals surface area (Å²) >= 11 is 0. The predicted octanol–water partition coefficient (Wildman–Crippen LogP) is 2.47. The first-order chi connectivity index (χ1) is 10.7. The summed E-state index contributed by atoms with van der Waals surface area (Å²) < 4.78 is 0.992. The molecule has 2 aromatic carbocycles. The van der Waals surface area contributed by atoms with Gasteiger partial charge in [-0.15, -0.1) is 0 Å². The second-order valence-corrected chi connectivity index (χ2v) is 6.33. The summed E-state index contributed by atoms with van der Waals surface area (Å²) in [6.45, 7) is 5.22. The van der Waals surface area contributed by atoms with Gasteiger partial charge in [0.05, 0.1) is 20.1 Å². The number of nitrogens with one attached hydrogen (secondary N) is 1. The molecule has 0 radical (unpaired) electrons. The Kier molecular flexibility index (Phi) is 4.36. The highest BCUT2D eigenvalue weighted by Gasteiger charge is 2.26. The van der Waals surface area contributed by atoms with Gasteiger partial charge in [0.1, 0.15) is 6.54 Å². The Morgan fingerprint density at radius 1 is 1.00 bits per heavy atom. The van der Waals surface area contributed by atoms with Crippen LogP contribution in [0.25, 0.3) is 0 Å². The van der Waals surface area contributed by atoms with Gasteiger partial charge in [-0.05, 0) is 0 Å². The van der Waals surface area contributed by atoms with Crippen LogP contribution in [0.3, 0.4) is 0 Å². The zero-order valence-corrected chi connectivity index (χ0v) is 13.1. The van der Waals surface area contributed by atoms with E-state index >= 15 is 0 Å². The molecular weight excluding hydrogens is 272 g/mol. The number of nitrogens with zero attached hydrogens (tertiary/aromatic N) is 1. The molecule has 0 unspecified atom stereocenters. The zero-order chi connectivity index (χ0) is 15.4. The Bertz CT molecular complexity index is 645. The standard InChI is InChI=1S/C19H23N2O/c1-21(13-11-20-12-14-21)15-17-9-5-6-10-18(17)19(22)16-7-3-2-4-8-16/h2-10,20H,11-15H2,1H3/q+1. The molecule has 0 aromatic heterocycles. The van der Waals surface area contributed by atoms with Crippen molar-refractivity contribution in [2.75, 3.05) is 33.2 Å². The average Bonchev–Trinajstić information content (AvgIpc) is 2.56. The molecule has 1 saturated heterocycles. The monoisotopic (exact) mass is 295 g/mol. The Labute approximate surface area is 132 Å². The van der Waals surface area contributed by atoms with Crippen LogP contribution in [0.5, 0.6) is 0 Å². The molecule has 0 amide bonds. The number of benzene rings is 2. The lowest BCUT2D eigenvalue weighted by atomic mass is 9.97. The molecule has 22 heavy (non-hydrogen) atoms. The Balaban J connectivity index is 1.88. The number of ketones is 1. The number of hydrogen-bond acceptors (Lipinski definition) is 2. The normalized spacial score (nSPS) is 17.1. The van der Waals surface area contributed by atoms with E-state index in [2.05, 4.69) is 18.4 Å². The first-order valence-electron chi connectivity index (χ1n) is 7.90. The van der Waals surface area contributed by atoms with Crippen LogP contribution in [-0.2, 0) is 6.54 Å². The molecule has 1 fully saturated rings. The van der Waals surface area contributed by atoms with Gasteiger partial charge in [-0.25, -0.2) is 0 Å². The molecule has 0 atom stereocenters. The van der Waals surface area contributed by atoms with Gasteiger partial charge in [-0.3, -0.25) is 4.79 Å². The summed E-state index contributed by atoms with van der Waals surface area (Å²) in [7, 11) is 2.28. The molecule has 3 nitrogen and oxygen atoms in total. The van der Waals surface area contributed by atoms with Crippen molar-refractivity contribution in [1.29, 1.82) is 0 Å². The summed E-state index contributed by atoms with van der Waals surface area (Å²) in [5.41, 5.74) is 2.75. The van der Waals surface area contributed by atoms with E-state index in [1.165, 1.54) is 0 Å². The van der Waals surface area contributed by atoms with Gasteiger partial charge in [0.25, 0.3) is 0 Å². The summed E-state index contributed by atoms with van der Waals surface area (Å²) in [6, 6.07) is 17.6. The van der Waals surface area contributed by atoms with E-state index in [0.29, 0.717) is 0 Å². The Morgan fingerprint density at radius 2 is 1.64 bits per heavy atom. The topological polar surface area (TPSA) is 29.1 Å². The van der Waals surface area contributed by atoms with Crippen molar-refractivity contribution >= 4 is 5.78 Å². The quantitative estimate of drug-likeness (QED) is 0.693. The molecule has 0 bridgehead atoms. The number of hydrogen-bond donors (Lipinski definition) is 1. The molecule has 1 heterocycles. The van der Waals surface area contributed by atoms with Gasteiger partial charge < -0.3 is 9.80 Å². The lowest BCUT2D eigenvalue weighted by molar-refractivity contribution is -0.924. The van der Waals surface area contributed by atoms with Gasteiger partial charge in [-0.2, -0.15) is 0 Å². The minimum absolute atomic E-state index is 0.123. The largest absolute Gasteiger partial charge is 0.320 e. The number of quaternary nitrogens is 1. The van der Waals surface area contributed by atoms with Gasteiger partial charge >= 0.3 is 0 Å². The fourth-order valence-corrected chi connectivity index (χ4v) is 3.13. The summed E-state index contributed by atoms with van der Waals surface area (Å²) in [5.74, 6) is 0.123. The second kappa shape index (κ2) is 6.42. The van der Waals surface area contributed by atoms with Gasteiger partial charge in [0, 0.05) is 29.8 Å². The molecule has 3 heteroatoms. The van der Waals surface area contributed by atoms with E-state index in [4.69, 9.17) is 0 Å². The molecule has 0 spiro atoms. The molecule has 1 aliphatic heterocycles. The van der Waals surface area contributed by atoms with Gasteiger partial charge in [-0.1, -0.05) is 54.6 Å². The number of rotatable bonds is 4. The predicted molar refractivity (Wildman–Crippen MR) is 88.8 cm³/mol. The van der Waals surface area contributed by atoms with Crippen molar-refractivity contribution in [3.8, 4) is 0 Å². The maximum atomic E-state index is 12.8. The van der Waals surface area contributed by atoms with Crippen LogP contribution in [0.1, 0.15) is 21.5 Å². The Hall–Kier alpha value is -1.97. The number of likely N-dealkylation sites (N-methyl/N-ethyl adjacent to an activating group) is 1. The van der Waals surface area contributed by atoms with E-state index in [-0.39, 0.29) is 5.78 Å². The SMILES string of the molecule is C[N+]1(Cc2ccccc2C(=O)c2ccccc2)CCNCC1. The first kappa shape index (κ1) is 14.9. The third-order valence-electron chi connectivity index (χ3n) is 4.51. The van der Waals surface area contributed by atoms with E-state index < -0.39 is 0 Å². The smallest absolute Gasteiger partial charge is 0.193 e. The molecule has 1 aliphatic rings. The molecule has 114 valence electrons. The van der Waals surface area contributed by atoms with E-state index in [1.54, 1.807) is 0 Å². The zero-order valence-electron chi connectivity index (χ0n) is 13.1. The molecule has 1 N–H and O–H groups in total. The third-order valence-corrected chi connectivity index (χ3v) is 4.51. The first-order valence-corrected chi connectivity index (χ1v) is 7.90. The summed E-state index contributed by atoms with van der Waals surface area (Å²) in [4.78, 5) is 12.8. The lowest BCUT2D eigenvalue weighted by Crippen LogP contribution is -2.55. The highest BCUT2D eigenvalue weighted by molar-refractivity contribution is 6.09. The summed E-state index contributed by atoms with van der Waals surface area (Å²) in [5, 5.41) is 3.41. The molecule has 3 rings (SSSR count). The van der Waals surface area contributed by atoms with E-state index in [1.807, 2.05) is 48.5 Å². The van der Waals surface area contributed by atoms with Gasteiger partial charge in [0.15, 0.2) is 5.78 Å². The molecule has 0 saturated carbocycles. The van der Waals surface area contributed by atoms with E-state index in [0.717, 1.165) is 53.9 Å². The van der Waals surface area contributed by atoms with Crippen molar-refractivity contribution in [2.45, 2.75) is 6.54 Å². The van der Waals surface area contributed by atoms with Crippen LogP contribution in [0.15, 0.2) is 54.6 Å².